The maximum absolute atomic E-state index is 10.7. The van der Waals surface area contributed by atoms with Gasteiger partial charge in [-0.05, 0) is 12.1 Å². The largest absolute Gasteiger partial charge is 0.395 e. The summed E-state index contributed by atoms with van der Waals surface area (Å²) < 4.78 is 0. The number of nitrogens with zero attached hydrogens (tertiary/aromatic N) is 1. The summed E-state index contributed by atoms with van der Waals surface area (Å²) >= 11 is 0. The second-order valence-electron chi connectivity index (χ2n) is 2.78. The molecule has 0 aliphatic rings. The number of aliphatic hydroxyl groups excluding tert-OH is 1. The Kier molecular flexibility index (Phi) is 3.66. The fraction of sp³-hybridized carbons (Fsp3) is 0.200. The highest BCUT2D eigenvalue weighted by molar-refractivity contribution is 5.66. The summed E-state index contributed by atoms with van der Waals surface area (Å²) in [6, 6.07) is 4.58. The molecular weight excluding hydrogens is 196 g/mol. The van der Waals surface area contributed by atoms with Crippen LogP contribution in [0.4, 0.5) is 11.4 Å². The second-order valence-corrected chi connectivity index (χ2v) is 2.78. The van der Waals surface area contributed by atoms with Crippen LogP contribution in [0, 0.1) is 22.0 Å². The Morgan fingerprint density at radius 3 is 2.87 bits per heavy atom. The summed E-state index contributed by atoms with van der Waals surface area (Å²) in [7, 11) is 0. The van der Waals surface area contributed by atoms with Gasteiger partial charge < -0.3 is 10.8 Å². The number of aliphatic hydroxyl groups is 1. The first-order chi connectivity index (χ1) is 7.16. The molecule has 0 atom stereocenters. The van der Waals surface area contributed by atoms with Crippen LogP contribution in [0.3, 0.4) is 0 Å². The van der Waals surface area contributed by atoms with E-state index in [1.54, 1.807) is 6.07 Å². The van der Waals surface area contributed by atoms with E-state index in [2.05, 4.69) is 11.8 Å². The molecule has 0 saturated carbocycles. The molecule has 1 aromatic carbocycles. The fourth-order valence-corrected chi connectivity index (χ4v) is 1.08. The van der Waals surface area contributed by atoms with Crippen LogP contribution in [0.15, 0.2) is 18.2 Å². The third-order valence-electron chi connectivity index (χ3n) is 1.71. The van der Waals surface area contributed by atoms with Crippen LogP contribution in [0.2, 0.25) is 0 Å². The zero-order chi connectivity index (χ0) is 11.3. The van der Waals surface area contributed by atoms with Gasteiger partial charge in [0.1, 0.15) is 11.3 Å². The normalized spacial score (nSPS) is 9.13. The first-order valence-corrected chi connectivity index (χ1v) is 4.29. The van der Waals surface area contributed by atoms with Crippen LogP contribution >= 0.6 is 0 Å². The summed E-state index contributed by atoms with van der Waals surface area (Å²) in [5, 5.41) is 19.2. The number of nitro groups is 1. The van der Waals surface area contributed by atoms with Gasteiger partial charge in [-0.1, -0.05) is 17.9 Å². The Balaban J connectivity index is 3.13. The summed E-state index contributed by atoms with van der Waals surface area (Å²) in [5.41, 5.74) is 5.65. The number of anilines is 1. The molecule has 78 valence electrons. The molecule has 15 heavy (non-hydrogen) atoms. The van der Waals surface area contributed by atoms with E-state index in [0.29, 0.717) is 0 Å². The number of nitrogens with two attached hydrogens (primary N) is 1. The van der Waals surface area contributed by atoms with Crippen molar-refractivity contribution in [2.45, 2.75) is 6.42 Å². The molecule has 0 aliphatic carbocycles. The molecule has 1 rings (SSSR count). The predicted octanol–water partition coefficient (Wildman–Crippen LogP) is 0.911. The zero-order valence-corrected chi connectivity index (χ0v) is 7.93. The minimum Gasteiger partial charge on any atom is -0.395 e. The van der Waals surface area contributed by atoms with Gasteiger partial charge in [0, 0.05) is 6.42 Å². The van der Waals surface area contributed by atoms with Crippen LogP contribution in [0.5, 0.6) is 0 Å². The van der Waals surface area contributed by atoms with Crippen LogP contribution in [-0.2, 0) is 0 Å². The van der Waals surface area contributed by atoms with Crippen LogP contribution < -0.4 is 5.73 Å². The van der Waals surface area contributed by atoms with Crippen molar-refractivity contribution in [3.63, 3.8) is 0 Å². The monoisotopic (exact) mass is 206 g/mol. The minimum atomic E-state index is -0.557. The lowest BCUT2D eigenvalue weighted by Crippen LogP contribution is -1.98. The van der Waals surface area contributed by atoms with Crippen LogP contribution in [0.1, 0.15) is 12.0 Å². The highest BCUT2D eigenvalue weighted by Gasteiger charge is 2.15. The van der Waals surface area contributed by atoms with E-state index in [-0.39, 0.29) is 30.0 Å². The van der Waals surface area contributed by atoms with E-state index in [4.69, 9.17) is 10.8 Å². The lowest BCUT2D eigenvalue weighted by atomic mass is 10.1. The average molecular weight is 206 g/mol. The summed E-state index contributed by atoms with van der Waals surface area (Å²) in [6.45, 7) is -0.0664. The van der Waals surface area contributed by atoms with E-state index >= 15 is 0 Å². The molecule has 0 radical (unpaired) electrons. The zero-order valence-electron chi connectivity index (χ0n) is 7.93. The lowest BCUT2D eigenvalue weighted by Gasteiger charge is -1.98. The number of hydrogen-bond donors (Lipinski definition) is 2. The molecule has 0 aliphatic heterocycles. The van der Waals surface area contributed by atoms with Crippen molar-refractivity contribution >= 4 is 11.4 Å². The topological polar surface area (TPSA) is 89.4 Å². The standard InChI is InChI=1S/C10H10N2O3/c11-9-6-3-5-8(4-1-2-7-13)10(9)12(14)15/h3,5-6,13H,2,7,11H2. The average Bonchev–Trinajstić information content (AvgIpc) is 2.17. The first kappa shape index (κ1) is 11.0. The molecule has 1 aromatic rings. The highest BCUT2D eigenvalue weighted by Crippen LogP contribution is 2.24. The molecule has 0 aromatic heterocycles. The van der Waals surface area contributed by atoms with Crippen molar-refractivity contribution in [2.24, 2.45) is 0 Å². The number of hydrogen-bond acceptors (Lipinski definition) is 4. The van der Waals surface area contributed by atoms with Gasteiger partial charge in [0.25, 0.3) is 0 Å². The molecule has 0 spiro atoms. The fourth-order valence-electron chi connectivity index (χ4n) is 1.08. The Labute approximate surface area is 86.7 Å². The molecule has 3 N–H and O–H groups in total. The molecule has 0 fully saturated rings. The Morgan fingerprint density at radius 1 is 1.53 bits per heavy atom. The van der Waals surface area contributed by atoms with Gasteiger partial charge in [0.15, 0.2) is 0 Å². The highest BCUT2D eigenvalue weighted by atomic mass is 16.6. The predicted molar refractivity (Wildman–Crippen MR) is 56.1 cm³/mol. The van der Waals surface area contributed by atoms with Crippen LogP contribution in [-0.4, -0.2) is 16.6 Å². The van der Waals surface area contributed by atoms with Crippen LogP contribution in [0.25, 0.3) is 0 Å². The van der Waals surface area contributed by atoms with Gasteiger partial charge in [0.2, 0.25) is 0 Å². The Hall–Kier alpha value is -2.06. The molecule has 0 heterocycles. The third kappa shape index (κ3) is 2.69. The van der Waals surface area contributed by atoms with Gasteiger partial charge in [-0.3, -0.25) is 10.1 Å². The number of nitrogen functional groups attached to an aromatic ring is 1. The third-order valence-corrected chi connectivity index (χ3v) is 1.71. The molecule has 5 heteroatoms. The van der Waals surface area contributed by atoms with Gasteiger partial charge in [0.05, 0.1) is 11.5 Å². The van der Waals surface area contributed by atoms with Crippen molar-refractivity contribution in [3.8, 4) is 11.8 Å². The number of para-hydroxylation sites is 1. The number of benzene rings is 1. The van der Waals surface area contributed by atoms with E-state index in [0.717, 1.165) is 0 Å². The first-order valence-electron chi connectivity index (χ1n) is 4.29. The minimum absolute atomic E-state index is 0.0664. The molecule has 0 amide bonds. The number of nitro benzene ring substituents is 1. The number of rotatable bonds is 2. The molecule has 0 saturated heterocycles. The molecule has 0 unspecified atom stereocenters. The van der Waals surface area contributed by atoms with Crippen molar-refractivity contribution in [1.82, 2.24) is 0 Å². The maximum Gasteiger partial charge on any atom is 0.307 e. The quantitative estimate of drug-likeness (QED) is 0.326. The van der Waals surface area contributed by atoms with Crippen molar-refractivity contribution in [1.29, 1.82) is 0 Å². The maximum atomic E-state index is 10.7. The van der Waals surface area contributed by atoms with Gasteiger partial charge >= 0.3 is 5.69 Å². The van der Waals surface area contributed by atoms with Gasteiger partial charge in [-0.2, -0.15) is 0 Å². The molecule has 0 bridgehead atoms. The van der Waals surface area contributed by atoms with Crippen molar-refractivity contribution < 1.29 is 10.0 Å². The van der Waals surface area contributed by atoms with Gasteiger partial charge in [-0.15, -0.1) is 0 Å². The molecular formula is C10H10N2O3. The van der Waals surface area contributed by atoms with E-state index in [9.17, 15) is 10.1 Å². The Morgan fingerprint density at radius 2 is 2.27 bits per heavy atom. The van der Waals surface area contributed by atoms with Crippen molar-refractivity contribution in [3.05, 3.63) is 33.9 Å². The van der Waals surface area contributed by atoms with E-state index < -0.39 is 4.92 Å². The second kappa shape index (κ2) is 4.98. The SMILES string of the molecule is Nc1cccc(C#CCCO)c1[N+](=O)[O-]. The van der Waals surface area contributed by atoms with E-state index in [1.807, 2.05) is 0 Å². The summed E-state index contributed by atoms with van der Waals surface area (Å²) in [6.07, 6.45) is 0.284. The molecule has 5 nitrogen and oxygen atoms in total. The summed E-state index contributed by atoms with van der Waals surface area (Å²) in [5.74, 6) is 5.22. The van der Waals surface area contributed by atoms with Crippen molar-refractivity contribution in [2.75, 3.05) is 12.3 Å². The smallest absolute Gasteiger partial charge is 0.307 e. The Bertz CT molecular complexity index is 432. The lowest BCUT2D eigenvalue weighted by molar-refractivity contribution is -0.384. The van der Waals surface area contributed by atoms with E-state index in [1.165, 1.54) is 12.1 Å². The summed E-state index contributed by atoms with van der Waals surface area (Å²) in [4.78, 5) is 10.1. The van der Waals surface area contributed by atoms with Gasteiger partial charge in [-0.25, -0.2) is 0 Å².